The third-order valence-corrected chi connectivity index (χ3v) is 5.60. The number of rotatable bonds is 5. The monoisotopic (exact) mass is 338 g/mol. The number of halogens is 1. The van der Waals surface area contributed by atoms with E-state index in [2.05, 4.69) is 20.7 Å². The molecule has 0 aromatic heterocycles. The van der Waals surface area contributed by atoms with Gasteiger partial charge in [-0.25, -0.2) is 4.72 Å². The second kappa shape index (κ2) is 4.92. The van der Waals surface area contributed by atoms with Crippen LogP contribution in [0.2, 0.25) is 0 Å². The van der Waals surface area contributed by atoms with E-state index in [1.165, 1.54) is 4.31 Å². The lowest BCUT2D eigenvalue weighted by Gasteiger charge is -2.25. The van der Waals surface area contributed by atoms with Gasteiger partial charge in [0.15, 0.2) is 0 Å². The van der Waals surface area contributed by atoms with E-state index in [0.717, 1.165) is 4.48 Å². The van der Waals surface area contributed by atoms with Crippen LogP contribution in [0, 0.1) is 5.41 Å². The lowest BCUT2D eigenvalue weighted by atomic mass is 10.1. The molecule has 102 valence electrons. The molecule has 8 heteroatoms. The van der Waals surface area contributed by atoms with Crippen molar-refractivity contribution >= 4 is 32.1 Å². The maximum atomic E-state index is 12.0. The molecule has 1 aliphatic carbocycles. The van der Waals surface area contributed by atoms with Crippen molar-refractivity contribution in [2.75, 3.05) is 19.6 Å². The molecule has 0 atom stereocenters. The Hall–Kier alpha value is -0.440. The molecule has 18 heavy (non-hydrogen) atoms. The lowest BCUT2D eigenvalue weighted by Crippen LogP contribution is -2.45. The summed E-state index contributed by atoms with van der Waals surface area (Å²) in [6.07, 6.45) is 3.52. The Morgan fingerprint density at radius 2 is 2.22 bits per heavy atom. The quantitative estimate of drug-likeness (QED) is 0.771. The fraction of sp³-hybridized carbons (Fsp3) is 0.700. The van der Waals surface area contributed by atoms with Crippen LogP contribution in [0.3, 0.4) is 0 Å². The Morgan fingerprint density at radius 1 is 1.56 bits per heavy atom. The normalized spacial score (nSPS) is 23.5. The van der Waals surface area contributed by atoms with E-state index in [4.69, 9.17) is 5.11 Å². The predicted octanol–water partition coefficient (Wildman–Crippen LogP) is 0.670. The molecular formula is C10H15BrN2O4S. The summed E-state index contributed by atoms with van der Waals surface area (Å²) >= 11 is 3.32. The van der Waals surface area contributed by atoms with Gasteiger partial charge in [-0.3, -0.25) is 4.79 Å². The molecule has 2 aliphatic rings. The molecule has 0 aromatic rings. The molecule has 1 aliphatic heterocycles. The molecule has 0 spiro atoms. The van der Waals surface area contributed by atoms with Crippen molar-refractivity contribution in [2.45, 2.75) is 19.3 Å². The number of carboxylic acids is 1. The molecule has 0 saturated heterocycles. The Labute approximate surface area is 114 Å². The fourth-order valence-electron chi connectivity index (χ4n) is 1.78. The highest BCUT2D eigenvalue weighted by Gasteiger charge is 2.50. The SMILES string of the molecule is O=C(O)C1(CNS(=O)(=O)N2CC=C(Br)CC2)CC1. The van der Waals surface area contributed by atoms with Crippen LogP contribution in [-0.2, 0) is 15.0 Å². The molecule has 2 rings (SSSR count). The van der Waals surface area contributed by atoms with Gasteiger partial charge in [-0.05, 0) is 23.7 Å². The first-order valence-electron chi connectivity index (χ1n) is 5.68. The van der Waals surface area contributed by atoms with Crippen molar-refractivity contribution < 1.29 is 18.3 Å². The number of aliphatic carboxylic acids is 1. The minimum absolute atomic E-state index is 0.0218. The molecule has 1 saturated carbocycles. The number of carbonyl (C=O) groups is 1. The van der Waals surface area contributed by atoms with E-state index in [9.17, 15) is 13.2 Å². The summed E-state index contributed by atoms with van der Waals surface area (Å²) in [5.74, 6) is -0.925. The van der Waals surface area contributed by atoms with Gasteiger partial charge in [0.25, 0.3) is 10.2 Å². The van der Waals surface area contributed by atoms with Crippen LogP contribution >= 0.6 is 15.9 Å². The van der Waals surface area contributed by atoms with Crippen molar-refractivity contribution in [1.82, 2.24) is 9.03 Å². The number of nitrogens with one attached hydrogen (secondary N) is 1. The minimum Gasteiger partial charge on any atom is -0.481 e. The van der Waals surface area contributed by atoms with Crippen molar-refractivity contribution in [2.24, 2.45) is 5.41 Å². The topological polar surface area (TPSA) is 86.7 Å². The number of nitrogens with zero attached hydrogens (tertiary/aromatic N) is 1. The Morgan fingerprint density at radius 3 is 2.67 bits per heavy atom. The number of hydrogen-bond acceptors (Lipinski definition) is 3. The standard InChI is InChI=1S/C10H15BrN2O4S/c11-8-1-5-13(6-2-8)18(16,17)12-7-10(3-4-10)9(14)15/h1,12H,2-7H2,(H,14,15). The second-order valence-corrected chi connectivity index (χ2v) is 7.44. The van der Waals surface area contributed by atoms with E-state index >= 15 is 0 Å². The van der Waals surface area contributed by atoms with Gasteiger partial charge in [-0.15, -0.1) is 0 Å². The Balaban J connectivity index is 1.94. The molecular weight excluding hydrogens is 324 g/mol. The first-order chi connectivity index (χ1) is 8.36. The van der Waals surface area contributed by atoms with E-state index in [1.54, 1.807) is 6.08 Å². The van der Waals surface area contributed by atoms with E-state index in [0.29, 0.717) is 32.4 Å². The largest absolute Gasteiger partial charge is 0.481 e. The van der Waals surface area contributed by atoms with Crippen molar-refractivity contribution in [1.29, 1.82) is 0 Å². The fourth-order valence-corrected chi connectivity index (χ4v) is 3.35. The number of carboxylic acid groups (broad SMARTS) is 1. The summed E-state index contributed by atoms with van der Waals surface area (Å²) in [6.45, 7) is 0.703. The van der Waals surface area contributed by atoms with Gasteiger partial charge in [0.1, 0.15) is 0 Å². The summed E-state index contributed by atoms with van der Waals surface area (Å²) in [4.78, 5) is 11.0. The lowest BCUT2D eigenvalue weighted by molar-refractivity contribution is -0.143. The van der Waals surface area contributed by atoms with Crippen LogP contribution in [0.25, 0.3) is 0 Å². The van der Waals surface area contributed by atoms with Crippen LogP contribution in [-0.4, -0.2) is 43.4 Å². The number of hydrogen-bond donors (Lipinski definition) is 2. The zero-order chi connectivity index (χ0) is 13.4. The van der Waals surface area contributed by atoms with E-state index < -0.39 is 21.6 Å². The van der Waals surface area contributed by atoms with Crippen molar-refractivity contribution in [3.05, 3.63) is 10.6 Å². The molecule has 0 radical (unpaired) electrons. The zero-order valence-corrected chi connectivity index (χ0v) is 12.1. The van der Waals surface area contributed by atoms with Gasteiger partial charge in [0, 0.05) is 19.6 Å². The van der Waals surface area contributed by atoms with Gasteiger partial charge in [0.05, 0.1) is 5.41 Å². The average molecular weight is 339 g/mol. The molecule has 1 heterocycles. The van der Waals surface area contributed by atoms with Gasteiger partial charge in [0.2, 0.25) is 0 Å². The summed E-state index contributed by atoms with van der Waals surface area (Å²) in [6, 6.07) is 0. The van der Waals surface area contributed by atoms with Crippen LogP contribution < -0.4 is 4.72 Å². The highest BCUT2D eigenvalue weighted by atomic mass is 79.9. The Kier molecular flexibility index (Phi) is 3.82. The third-order valence-electron chi connectivity index (χ3n) is 3.36. The predicted molar refractivity (Wildman–Crippen MR) is 69.4 cm³/mol. The first-order valence-corrected chi connectivity index (χ1v) is 7.92. The maximum Gasteiger partial charge on any atom is 0.310 e. The van der Waals surface area contributed by atoms with Crippen LogP contribution in [0.15, 0.2) is 10.6 Å². The van der Waals surface area contributed by atoms with Gasteiger partial charge >= 0.3 is 5.97 Å². The molecule has 2 N–H and O–H groups in total. The Bertz CT molecular complexity index is 484. The van der Waals surface area contributed by atoms with Crippen LogP contribution in [0.1, 0.15) is 19.3 Å². The molecule has 1 fully saturated rings. The summed E-state index contributed by atoms with van der Waals surface area (Å²) < 4.78 is 28.6. The molecule has 0 amide bonds. The summed E-state index contributed by atoms with van der Waals surface area (Å²) in [5.41, 5.74) is -0.876. The highest BCUT2D eigenvalue weighted by molar-refractivity contribution is 9.11. The van der Waals surface area contributed by atoms with Crippen LogP contribution in [0.5, 0.6) is 0 Å². The van der Waals surface area contributed by atoms with Crippen molar-refractivity contribution in [3.63, 3.8) is 0 Å². The van der Waals surface area contributed by atoms with Crippen LogP contribution in [0.4, 0.5) is 0 Å². The maximum absolute atomic E-state index is 12.0. The van der Waals surface area contributed by atoms with Gasteiger partial charge < -0.3 is 5.11 Å². The molecule has 0 bridgehead atoms. The zero-order valence-electron chi connectivity index (χ0n) is 9.73. The van der Waals surface area contributed by atoms with E-state index in [1.807, 2.05) is 0 Å². The smallest absolute Gasteiger partial charge is 0.310 e. The highest BCUT2D eigenvalue weighted by Crippen LogP contribution is 2.45. The molecule has 6 nitrogen and oxygen atoms in total. The van der Waals surface area contributed by atoms with Gasteiger partial charge in [-0.2, -0.15) is 12.7 Å². The van der Waals surface area contributed by atoms with Gasteiger partial charge in [-0.1, -0.05) is 22.0 Å². The summed E-state index contributed by atoms with van der Waals surface area (Å²) in [5, 5.41) is 8.98. The third kappa shape index (κ3) is 2.93. The molecule has 0 unspecified atom stereocenters. The average Bonchev–Trinajstić information content (AvgIpc) is 3.08. The molecule has 0 aromatic carbocycles. The van der Waals surface area contributed by atoms with E-state index in [-0.39, 0.29) is 6.54 Å². The van der Waals surface area contributed by atoms with Crippen molar-refractivity contribution in [3.8, 4) is 0 Å². The second-order valence-electron chi connectivity index (χ2n) is 4.67. The first kappa shape index (κ1) is 14.0. The summed E-state index contributed by atoms with van der Waals surface area (Å²) in [7, 11) is -3.58. The minimum atomic E-state index is -3.58.